The smallest absolute Gasteiger partial charge is 0.0245 e. The second-order valence-electron chi connectivity index (χ2n) is 7.46. The number of nitrogens with one attached hydrogen (secondary N) is 1. The van der Waals surface area contributed by atoms with Crippen molar-refractivity contribution >= 4 is 11.3 Å². The first kappa shape index (κ1) is 16.0. The van der Waals surface area contributed by atoms with Crippen molar-refractivity contribution in [1.82, 2.24) is 10.2 Å². The zero-order chi connectivity index (χ0) is 14.6. The lowest BCUT2D eigenvalue weighted by Crippen LogP contribution is -2.41. The van der Waals surface area contributed by atoms with Gasteiger partial charge in [-0.1, -0.05) is 27.7 Å². The molecule has 0 spiro atoms. The Morgan fingerprint density at radius 3 is 2.70 bits per heavy atom. The standard InChI is InChI=1S/C17H30N2S/c1-14(2)9-18-12-17(3,4)13-19(16-5-6-16)10-15-7-8-20-11-15/h7-8,11,14,16,18H,5-6,9-10,12-13H2,1-4H3. The third-order valence-electron chi connectivity index (χ3n) is 3.82. The number of hydrogen-bond acceptors (Lipinski definition) is 3. The van der Waals surface area contributed by atoms with Crippen LogP contribution < -0.4 is 5.32 Å². The lowest BCUT2D eigenvalue weighted by atomic mass is 9.92. The van der Waals surface area contributed by atoms with E-state index in [0.717, 1.165) is 31.6 Å². The van der Waals surface area contributed by atoms with Gasteiger partial charge in [0.2, 0.25) is 0 Å². The Labute approximate surface area is 128 Å². The molecule has 1 heterocycles. The highest BCUT2D eigenvalue weighted by Crippen LogP contribution is 2.31. The van der Waals surface area contributed by atoms with Gasteiger partial charge in [-0.05, 0) is 53.1 Å². The van der Waals surface area contributed by atoms with E-state index in [9.17, 15) is 0 Å². The fourth-order valence-electron chi connectivity index (χ4n) is 2.68. The first-order valence-electron chi connectivity index (χ1n) is 7.92. The van der Waals surface area contributed by atoms with Gasteiger partial charge < -0.3 is 5.32 Å². The van der Waals surface area contributed by atoms with Gasteiger partial charge in [0.15, 0.2) is 0 Å². The molecule has 1 saturated carbocycles. The highest BCUT2D eigenvalue weighted by atomic mass is 32.1. The molecule has 1 aromatic heterocycles. The topological polar surface area (TPSA) is 15.3 Å². The zero-order valence-corrected chi connectivity index (χ0v) is 14.3. The van der Waals surface area contributed by atoms with Gasteiger partial charge in [0.05, 0.1) is 0 Å². The van der Waals surface area contributed by atoms with Crippen LogP contribution in [0.2, 0.25) is 0 Å². The third-order valence-corrected chi connectivity index (χ3v) is 4.55. The molecule has 2 rings (SSSR count). The van der Waals surface area contributed by atoms with Crippen LogP contribution >= 0.6 is 11.3 Å². The molecular weight excluding hydrogens is 264 g/mol. The third kappa shape index (κ3) is 5.55. The summed E-state index contributed by atoms with van der Waals surface area (Å²) in [6, 6.07) is 3.10. The average Bonchev–Trinajstić information content (AvgIpc) is 3.07. The summed E-state index contributed by atoms with van der Waals surface area (Å²) in [5.41, 5.74) is 1.82. The largest absolute Gasteiger partial charge is 0.316 e. The molecule has 0 aromatic carbocycles. The Morgan fingerprint density at radius 2 is 2.15 bits per heavy atom. The van der Waals surface area contributed by atoms with Gasteiger partial charge in [-0.15, -0.1) is 0 Å². The van der Waals surface area contributed by atoms with E-state index in [1.807, 2.05) is 11.3 Å². The predicted molar refractivity (Wildman–Crippen MR) is 89.2 cm³/mol. The summed E-state index contributed by atoms with van der Waals surface area (Å²) in [6.07, 6.45) is 2.78. The Morgan fingerprint density at radius 1 is 1.40 bits per heavy atom. The Hall–Kier alpha value is -0.380. The molecule has 1 aliphatic rings. The molecule has 1 fully saturated rings. The van der Waals surface area contributed by atoms with E-state index in [-0.39, 0.29) is 0 Å². The van der Waals surface area contributed by atoms with Crippen LogP contribution in [0, 0.1) is 11.3 Å². The molecule has 1 N–H and O–H groups in total. The summed E-state index contributed by atoms with van der Waals surface area (Å²) in [5.74, 6) is 0.733. The zero-order valence-electron chi connectivity index (χ0n) is 13.5. The minimum Gasteiger partial charge on any atom is -0.316 e. The predicted octanol–water partition coefficient (Wildman–Crippen LogP) is 3.98. The molecule has 0 aliphatic heterocycles. The normalized spacial score (nSPS) is 16.3. The number of hydrogen-bond donors (Lipinski definition) is 1. The summed E-state index contributed by atoms with van der Waals surface area (Å²) < 4.78 is 0. The van der Waals surface area contributed by atoms with E-state index in [2.05, 4.69) is 54.7 Å². The van der Waals surface area contributed by atoms with Crippen molar-refractivity contribution in [2.75, 3.05) is 19.6 Å². The van der Waals surface area contributed by atoms with E-state index in [0.29, 0.717) is 5.41 Å². The van der Waals surface area contributed by atoms with Crippen LogP contribution in [0.25, 0.3) is 0 Å². The van der Waals surface area contributed by atoms with Crippen LogP contribution in [0.1, 0.15) is 46.1 Å². The molecule has 1 aliphatic carbocycles. The van der Waals surface area contributed by atoms with E-state index < -0.39 is 0 Å². The van der Waals surface area contributed by atoms with Crippen LogP contribution in [0.4, 0.5) is 0 Å². The molecule has 0 amide bonds. The number of thiophene rings is 1. The maximum absolute atomic E-state index is 3.62. The van der Waals surface area contributed by atoms with E-state index in [4.69, 9.17) is 0 Å². The van der Waals surface area contributed by atoms with E-state index in [1.54, 1.807) is 0 Å². The molecule has 0 radical (unpaired) electrons. The van der Waals surface area contributed by atoms with Crippen molar-refractivity contribution in [2.45, 2.75) is 53.1 Å². The minimum atomic E-state index is 0.341. The van der Waals surface area contributed by atoms with Gasteiger partial charge in [0.1, 0.15) is 0 Å². The molecule has 1 aromatic rings. The second-order valence-corrected chi connectivity index (χ2v) is 8.24. The quantitative estimate of drug-likeness (QED) is 0.741. The highest BCUT2D eigenvalue weighted by Gasteiger charge is 2.32. The van der Waals surface area contributed by atoms with Gasteiger partial charge in [0.25, 0.3) is 0 Å². The fourth-order valence-corrected chi connectivity index (χ4v) is 3.34. The second kappa shape index (κ2) is 7.06. The maximum atomic E-state index is 3.62. The summed E-state index contributed by atoms with van der Waals surface area (Å²) in [6.45, 7) is 13.9. The monoisotopic (exact) mass is 294 g/mol. The van der Waals surface area contributed by atoms with Crippen LogP contribution in [-0.2, 0) is 6.54 Å². The molecule has 3 heteroatoms. The van der Waals surface area contributed by atoms with Gasteiger partial charge in [-0.25, -0.2) is 0 Å². The number of rotatable bonds is 9. The van der Waals surface area contributed by atoms with E-state index >= 15 is 0 Å². The molecule has 0 bridgehead atoms. The van der Waals surface area contributed by atoms with Crippen molar-refractivity contribution in [3.05, 3.63) is 22.4 Å². The van der Waals surface area contributed by atoms with Crippen LogP contribution in [0.5, 0.6) is 0 Å². The van der Waals surface area contributed by atoms with Crippen molar-refractivity contribution < 1.29 is 0 Å². The minimum absolute atomic E-state index is 0.341. The van der Waals surface area contributed by atoms with Crippen molar-refractivity contribution in [2.24, 2.45) is 11.3 Å². The average molecular weight is 295 g/mol. The summed E-state index contributed by atoms with van der Waals surface area (Å²) in [4.78, 5) is 2.69. The maximum Gasteiger partial charge on any atom is 0.0245 e. The lowest BCUT2D eigenvalue weighted by Gasteiger charge is -2.33. The first-order valence-corrected chi connectivity index (χ1v) is 8.86. The first-order chi connectivity index (χ1) is 9.46. The van der Waals surface area contributed by atoms with Crippen LogP contribution in [0.3, 0.4) is 0 Å². The number of nitrogens with zero attached hydrogens (tertiary/aromatic N) is 1. The highest BCUT2D eigenvalue weighted by molar-refractivity contribution is 7.07. The van der Waals surface area contributed by atoms with Crippen LogP contribution in [-0.4, -0.2) is 30.6 Å². The summed E-state index contributed by atoms with van der Waals surface area (Å²) >= 11 is 1.81. The fraction of sp³-hybridized carbons (Fsp3) is 0.765. The van der Waals surface area contributed by atoms with Crippen molar-refractivity contribution in [3.63, 3.8) is 0 Å². The molecule has 0 saturated heterocycles. The van der Waals surface area contributed by atoms with Gasteiger partial charge in [-0.3, -0.25) is 4.90 Å². The van der Waals surface area contributed by atoms with Gasteiger partial charge >= 0.3 is 0 Å². The van der Waals surface area contributed by atoms with Crippen molar-refractivity contribution in [1.29, 1.82) is 0 Å². The summed E-state index contributed by atoms with van der Waals surface area (Å²) in [7, 11) is 0. The molecule has 114 valence electrons. The molecular formula is C17H30N2S. The Balaban J connectivity index is 1.83. The lowest BCUT2D eigenvalue weighted by molar-refractivity contribution is 0.159. The van der Waals surface area contributed by atoms with Crippen LogP contribution in [0.15, 0.2) is 16.8 Å². The SMILES string of the molecule is CC(C)CNCC(C)(C)CN(Cc1ccsc1)C1CC1. The van der Waals surface area contributed by atoms with Crippen molar-refractivity contribution in [3.8, 4) is 0 Å². The summed E-state index contributed by atoms with van der Waals surface area (Å²) in [5, 5.41) is 8.11. The molecule has 0 atom stereocenters. The van der Waals surface area contributed by atoms with E-state index in [1.165, 1.54) is 24.9 Å². The van der Waals surface area contributed by atoms with Gasteiger partial charge in [0, 0.05) is 25.7 Å². The Kier molecular flexibility index (Phi) is 5.65. The van der Waals surface area contributed by atoms with Gasteiger partial charge in [-0.2, -0.15) is 11.3 Å². The molecule has 20 heavy (non-hydrogen) atoms. The molecule has 2 nitrogen and oxygen atoms in total. The Bertz CT molecular complexity index is 380. The molecule has 0 unspecified atom stereocenters.